The van der Waals surface area contributed by atoms with Crippen LogP contribution in [0.1, 0.15) is 67.4 Å². The van der Waals surface area contributed by atoms with E-state index in [1.54, 1.807) is 20.1 Å². The van der Waals surface area contributed by atoms with Gasteiger partial charge in [0.25, 0.3) is 11.8 Å². The highest BCUT2D eigenvalue weighted by molar-refractivity contribution is 7.93. The molecule has 3 heterocycles. The number of methoxy groups -OCH3 is 1. The van der Waals surface area contributed by atoms with Crippen LogP contribution in [0.25, 0.3) is 0 Å². The zero-order valence-corrected chi connectivity index (χ0v) is 30.7. The van der Waals surface area contributed by atoms with E-state index in [9.17, 15) is 13.8 Å². The van der Waals surface area contributed by atoms with Gasteiger partial charge in [0.15, 0.2) is 0 Å². The second kappa shape index (κ2) is 14.6. The van der Waals surface area contributed by atoms with Crippen LogP contribution in [-0.4, -0.2) is 80.1 Å². The SMILES string of the molecule is COC1/C=C/CC(C)C(C)S(=O)(NC(=O)COC2COC2)=NC(=O)c2ccc3c(c2)N(CC2CCC21)CC1(CCCc2cc(Cl)ccc21)CO3. The van der Waals surface area contributed by atoms with Gasteiger partial charge in [-0.05, 0) is 105 Å². The second-order valence-electron chi connectivity index (χ2n) is 14.8. The first-order chi connectivity index (χ1) is 24.1. The van der Waals surface area contributed by atoms with Gasteiger partial charge in [-0.2, -0.15) is 0 Å². The van der Waals surface area contributed by atoms with Crippen molar-refractivity contribution in [3.63, 3.8) is 0 Å². The summed E-state index contributed by atoms with van der Waals surface area (Å²) in [6.45, 7) is 6.27. The molecule has 7 unspecified atom stereocenters. The number of carbonyl (C=O) groups excluding carboxylic acids is 2. The van der Waals surface area contributed by atoms with Crippen molar-refractivity contribution < 1.29 is 32.7 Å². The highest BCUT2D eigenvalue weighted by Crippen LogP contribution is 2.47. The molecule has 2 aromatic carbocycles. The molecular weight excluding hydrogens is 678 g/mol. The van der Waals surface area contributed by atoms with Gasteiger partial charge >= 0.3 is 0 Å². The summed E-state index contributed by atoms with van der Waals surface area (Å²) in [4.78, 5) is 29.4. The molecule has 2 aliphatic carbocycles. The predicted octanol–water partition coefficient (Wildman–Crippen LogP) is 5.89. The lowest BCUT2D eigenvalue weighted by Crippen LogP contribution is -2.49. The fourth-order valence-electron chi connectivity index (χ4n) is 8.19. The van der Waals surface area contributed by atoms with Gasteiger partial charge in [0.2, 0.25) is 0 Å². The number of hydrogen-bond donors (Lipinski definition) is 1. The molecule has 7 atom stereocenters. The van der Waals surface area contributed by atoms with E-state index >= 15 is 0 Å². The molecule has 1 N–H and O–H groups in total. The van der Waals surface area contributed by atoms with Crippen molar-refractivity contribution in [3.05, 3.63) is 70.3 Å². The monoisotopic (exact) mass is 725 g/mol. The lowest BCUT2D eigenvalue weighted by Gasteiger charge is -2.46. The van der Waals surface area contributed by atoms with Crippen LogP contribution in [0.4, 0.5) is 5.69 Å². The van der Waals surface area contributed by atoms with Crippen LogP contribution < -0.4 is 14.4 Å². The quantitative estimate of drug-likeness (QED) is 0.380. The number of amides is 2. The van der Waals surface area contributed by atoms with Crippen molar-refractivity contribution in [2.24, 2.45) is 22.1 Å². The Morgan fingerprint density at radius 3 is 2.76 bits per heavy atom. The maximum Gasteiger partial charge on any atom is 0.286 e. The van der Waals surface area contributed by atoms with Crippen molar-refractivity contribution in [2.45, 2.75) is 75.2 Å². The third kappa shape index (κ3) is 7.08. The number of halogens is 1. The van der Waals surface area contributed by atoms with Crippen molar-refractivity contribution >= 4 is 39.0 Å². The highest BCUT2D eigenvalue weighted by Gasteiger charge is 2.44. The van der Waals surface area contributed by atoms with E-state index in [0.29, 0.717) is 55.9 Å². The van der Waals surface area contributed by atoms with Gasteiger partial charge in [0.1, 0.15) is 28.4 Å². The normalized spacial score (nSPS) is 33.4. The third-order valence-electron chi connectivity index (χ3n) is 11.6. The van der Waals surface area contributed by atoms with Crippen molar-refractivity contribution in [1.29, 1.82) is 0 Å². The average molecular weight is 726 g/mol. The van der Waals surface area contributed by atoms with Gasteiger partial charge in [0.05, 0.1) is 36.9 Å². The van der Waals surface area contributed by atoms with E-state index in [-0.39, 0.29) is 30.1 Å². The van der Waals surface area contributed by atoms with Gasteiger partial charge in [-0.15, -0.1) is 4.36 Å². The third-order valence-corrected chi connectivity index (χ3v) is 14.2. The van der Waals surface area contributed by atoms with Crippen LogP contribution in [0.3, 0.4) is 0 Å². The Labute approximate surface area is 300 Å². The van der Waals surface area contributed by atoms with Crippen LogP contribution in [0, 0.1) is 17.8 Å². The largest absolute Gasteiger partial charge is 0.490 e. The van der Waals surface area contributed by atoms with Gasteiger partial charge in [-0.3, -0.25) is 14.3 Å². The molecule has 1 saturated heterocycles. The lowest BCUT2D eigenvalue weighted by molar-refractivity contribution is -0.147. The first kappa shape index (κ1) is 35.4. The van der Waals surface area contributed by atoms with Crippen molar-refractivity contribution in [2.75, 3.05) is 51.5 Å². The van der Waals surface area contributed by atoms with E-state index in [0.717, 1.165) is 49.4 Å². The molecule has 2 fully saturated rings. The number of ether oxygens (including phenoxy) is 4. The van der Waals surface area contributed by atoms with E-state index in [4.69, 9.17) is 30.5 Å². The molecule has 3 aliphatic heterocycles. The Kier molecular flexibility index (Phi) is 10.3. The van der Waals surface area contributed by atoms with E-state index in [1.807, 2.05) is 25.1 Å². The van der Waals surface area contributed by atoms with E-state index < -0.39 is 27.0 Å². The van der Waals surface area contributed by atoms with Gasteiger partial charge in [-0.1, -0.05) is 36.7 Å². The molecule has 2 amide bonds. The molecule has 12 heteroatoms. The topological polar surface area (TPSA) is 116 Å². The van der Waals surface area contributed by atoms with Crippen LogP contribution in [-0.2, 0) is 40.8 Å². The zero-order valence-electron chi connectivity index (χ0n) is 29.1. The summed E-state index contributed by atoms with van der Waals surface area (Å²) < 4.78 is 45.0. The maximum absolute atomic E-state index is 14.6. The standard InChI is InChI=1S/C38H48ClN3O7S/c1-24-6-4-8-34(46-3)31-12-9-28(31)18-42-22-38(15-5-7-26-16-29(39)11-13-32(26)38)23-49-35-14-10-27(17-33(35)42)37(44)41-50(45,25(24)2)40-36(43)21-48-30-19-47-20-30/h4,8,10-11,13-14,16-17,24-25,28,30-31,34H,5-7,9,12,15,18-23H2,1-3H3,(H,40,41,43,44,45)/b8-4+. The van der Waals surface area contributed by atoms with E-state index in [2.05, 4.69) is 38.3 Å². The second-order valence-corrected chi connectivity index (χ2v) is 17.5. The zero-order chi connectivity index (χ0) is 35.0. The number of fused-ring (bicyclic) bond motifs is 4. The summed E-state index contributed by atoms with van der Waals surface area (Å²) in [6, 6.07) is 11.6. The molecule has 1 saturated carbocycles. The highest BCUT2D eigenvalue weighted by atomic mass is 35.5. The minimum absolute atomic E-state index is 0.0624. The van der Waals surface area contributed by atoms with Crippen molar-refractivity contribution in [1.82, 2.24) is 4.72 Å². The van der Waals surface area contributed by atoms with Crippen LogP contribution in [0.5, 0.6) is 5.75 Å². The fourth-order valence-corrected chi connectivity index (χ4v) is 10.3. The Hall–Kier alpha value is -2.96. The maximum atomic E-state index is 14.6. The summed E-state index contributed by atoms with van der Waals surface area (Å²) in [6.07, 6.45) is 9.69. The lowest BCUT2D eigenvalue weighted by atomic mass is 9.68. The summed E-state index contributed by atoms with van der Waals surface area (Å²) in [7, 11) is -1.80. The van der Waals surface area contributed by atoms with Gasteiger partial charge in [0, 0.05) is 36.2 Å². The minimum atomic E-state index is -3.56. The molecule has 0 radical (unpaired) electrons. The molecule has 2 aromatic rings. The molecule has 270 valence electrons. The average Bonchev–Trinajstić information content (AvgIpc) is 3.21. The smallest absolute Gasteiger partial charge is 0.286 e. The minimum Gasteiger partial charge on any atom is -0.490 e. The number of hydrogen-bond acceptors (Lipinski definition) is 8. The number of nitrogens with zero attached hydrogens (tertiary/aromatic N) is 2. The van der Waals surface area contributed by atoms with Gasteiger partial charge < -0.3 is 23.8 Å². The molecular formula is C38H48ClN3O7S. The number of rotatable bonds is 5. The molecule has 7 rings (SSSR count). The number of allylic oxidation sites excluding steroid dienone is 1. The summed E-state index contributed by atoms with van der Waals surface area (Å²) >= 11 is 6.45. The molecule has 2 bridgehead atoms. The molecule has 50 heavy (non-hydrogen) atoms. The molecule has 1 spiro atoms. The number of aryl methyl sites for hydroxylation is 1. The Morgan fingerprint density at radius 1 is 1.18 bits per heavy atom. The molecule has 5 aliphatic rings. The number of anilines is 1. The Bertz CT molecular complexity index is 1770. The van der Waals surface area contributed by atoms with Gasteiger partial charge in [-0.25, -0.2) is 4.21 Å². The Morgan fingerprint density at radius 2 is 2.02 bits per heavy atom. The van der Waals surface area contributed by atoms with Crippen LogP contribution in [0.2, 0.25) is 5.02 Å². The van der Waals surface area contributed by atoms with Crippen LogP contribution >= 0.6 is 11.6 Å². The number of benzene rings is 2. The summed E-state index contributed by atoms with van der Waals surface area (Å²) in [5, 5.41) is 0.0984. The summed E-state index contributed by atoms with van der Waals surface area (Å²) in [5.74, 6) is 0.0240. The number of nitrogens with one attached hydrogen (secondary N) is 1. The summed E-state index contributed by atoms with van der Waals surface area (Å²) in [5.41, 5.74) is 3.39. The van der Waals surface area contributed by atoms with Crippen molar-refractivity contribution in [3.8, 4) is 5.75 Å². The fraction of sp³-hybridized carbons (Fsp3) is 0.579. The first-order valence-electron chi connectivity index (χ1n) is 17.9. The molecule has 10 nitrogen and oxygen atoms in total. The van der Waals surface area contributed by atoms with Crippen LogP contribution in [0.15, 0.2) is 52.9 Å². The Balaban J connectivity index is 1.28. The number of carbonyl (C=O) groups is 2. The first-order valence-corrected chi connectivity index (χ1v) is 19.8. The van der Waals surface area contributed by atoms with E-state index in [1.165, 1.54) is 11.1 Å². The molecule has 0 aromatic heterocycles. The predicted molar refractivity (Wildman–Crippen MR) is 193 cm³/mol.